The van der Waals surface area contributed by atoms with E-state index < -0.39 is 0 Å². The molecule has 0 bridgehead atoms. The van der Waals surface area contributed by atoms with Gasteiger partial charge in [0.1, 0.15) is 11.6 Å². The number of ketones is 2. The zero-order chi connectivity index (χ0) is 14.2. The van der Waals surface area contributed by atoms with E-state index in [1.165, 1.54) is 0 Å². The molecule has 0 radical (unpaired) electrons. The van der Waals surface area contributed by atoms with Crippen molar-refractivity contribution >= 4 is 11.6 Å². The van der Waals surface area contributed by atoms with Crippen molar-refractivity contribution in [2.24, 2.45) is 23.7 Å². The average molecular weight is 242 g/mol. The van der Waals surface area contributed by atoms with Crippen molar-refractivity contribution in [3.63, 3.8) is 0 Å². The smallest absolute Gasteiger partial charge is 0.137 e. The zero-order valence-corrected chi connectivity index (χ0v) is 12.8. The summed E-state index contributed by atoms with van der Waals surface area (Å²) in [4.78, 5) is 21.8. The highest BCUT2D eigenvalue weighted by Gasteiger charge is 2.10. The second-order valence-electron chi connectivity index (χ2n) is 5.93. The SMILES string of the molecule is CC(C)C(=O)C(C)C.CC(C)CC(=O)C(C)C. The minimum atomic E-state index is 0.204. The van der Waals surface area contributed by atoms with Crippen LogP contribution in [0.1, 0.15) is 61.8 Å². The van der Waals surface area contributed by atoms with Crippen molar-refractivity contribution in [3.8, 4) is 0 Å². The average Bonchev–Trinajstić information content (AvgIpc) is 2.15. The fourth-order valence-corrected chi connectivity index (χ4v) is 1.30. The summed E-state index contributed by atoms with van der Waals surface area (Å²) in [7, 11) is 0. The first-order valence-corrected chi connectivity index (χ1v) is 6.65. The highest BCUT2D eigenvalue weighted by atomic mass is 16.1. The lowest BCUT2D eigenvalue weighted by Crippen LogP contribution is -2.13. The first-order valence-electron chi connectivity index (χ1n) is 6.65. The highest BCUT2D eigenvalue weighted by molar-refractivity contribution is 5.82. The van der Waals surface area contributed by atoms with Gasteiger partial charge < -0.3 is 0 Å². The summed E-state index contributed by atoms with van der Waals surface area (Å²) in [6.07, 6.45) is 0.734. The maximum Gasteiger partial charge on any atom is 0.137 e. The Kier molecular flexibility index (Phi) is 10.3. The number of carbonyl (C=O) groups excluding carboxylic acids is 2. The van der Waals surface area contributed by atoms with Crippen molar-refractivity contribution in [2.75, 3.05) is 0 Å². The lowest BCUT2D eigenvalue weighted by Gasteiger charge is -2.05. The van der Waals surface area contributed by atoms with E-state index in [0.29, 0.717) is 17.5 Å². The monoisotopic (exact) mass is 242 g/mol. The molecule has 0 aliphatic heterocycles. The quantitative estimate of drug-likeness (QED) is 0.726. The van der Waals surface area contributed by atoms with E-state index in [-0.39, 0.29) is 17.8 Å². The van der Waals surface area contributed by atoms with E-state index in [9.17, 15) is 9.59 Å². The number of carbonyl (C=O) groups is 2. The molecule has 102 valence electrons. The zero-order valence-electron chi connectivity index (χ0n) is 12.8. The van der Waals surface area contributed by atoms with Crippen LogP contribution in [0.5, 0.6) is 0 Å². The van der Waals surface area contributed by atoms with Gasteiger partial charge in [-0.25, -0.2) is 0 Å². The van der Waals surface area contributed by atoms with E-state index in [0.717, 1.165) is 6.42 Å². The van der Waals surface area contributed by atoms with Crippen LogP contribution in [0.15, 0.2) is 0 Å². The van der Waals surface area contributed by atoms with Gasteiger partial charge in [0.2, 0.25) is 0 Å². The predicted molar refractivity (Wildman–Crippen MR) is 74.0 cm³/mol. The largest absolute Gasteiger partial charge is 0.299 e. The highest BCUT2D eigenvalue weighted by Crippen LogP contribution is 2.06. The maximum atomic E-state index is 11.0. The second-order valence-corrected chi connectivity index (χ2v) is 5.93. The van der Waals surface area contributed by atoms with Crippen LogP contribution in [-0.2, 0) is 9.59 Å². The van der Waals surface area contributed by atoms with E-state index in [2.05, 4.69) is 13.8 Å². The molecule has 0 heterocycles. The van der Waals surface area contributed by atoms with Crippen LogP contribution in [0.3, 0.4) is 0 Å². The lowest BCUT2D eigenvalue weighted by molar-refractivity contribution is -0.125. The molecule has 0 aliphatic carbocycles. The third-order valence-corrected chi connectivity index (χ3v) is 2.39. The van der Waals surface area contributed by atoms with Gasteiger partial charge in [-0.3, -0.25) is 9.59 Å². The molecule has 0 rings (SSSR count). The molecule has 0 spiro atoms. The van der Waals surface area contributed by atoms with E-state index >= 15 is 0 Å². The Balaban J connectivity index is 0. The Hall–Kier alpha value is -0.660. The van der Waals surface area contributed by atoms with Gasteiger partial charge in [-0.05, 0) is 5.92 Å². The first kappa shape index (κ1) is 18.7. The van der Waals surface area contributed by atoms with E-state index in [1.54, 1.807) is 0 Å². The molecule has 0 aliphatic rings. The van der Waals surface area contributed by atoms with Crippen LogP contribution in [0.2, 0.25) is 0 Å². The topological polar surface area (TPSA) is 34.1 Å². The van der Waals surface area contributed by atoms with Gasteiger partial charge in [0.15, 0.2) is 0 Å². The Labute approximate surface area is 107 Å². The van der Waals surface area contributed by atoms with E-state index in [1.807, 2.05) is 41.5 Å². The van der Waals surface area contributed by atoms with Crippen LogP contribution in [0, 0.1) is 23.7 Å². The van der Waals surface area contributed by atoms with Gasteiger partial charge in [-0.1, -0.05) is 55.4 Å². The third-order valence-electron chi connectivity index (χ3n) is 2.39. The molecule has 2 nitrogen and oxygen atoms in total. The van der Waals surface area contributed by atoms with Crippen LogP contribution in [-0.4, -0.2) is 11.6 Å². The van der Waals surface area contributed by atoms with Crippen molar-refractivity contribution in [1.29, 1.82) is 0 Å². The summed E-state index contributed by atoms with van der Waals surface area (Å²) in [6.45, 7) is 15.8. The minimum absolute atomic E-state index is 0.204. The van der Waals surface area contributed by atoms with Gasteiger partial charge in [-0.15, -0.1) is 0 Å². The Bertz CT molecular complexity index is 215. The summed E-state index contributed by atoms with van der Waals surface area (Å²) >= 11 is 0. The number of rotatable bonds is 5. The Morgan fingerprint density at radius 3 is 1.12 bits per heavy atom. The molecule has 0 unspecified atom stereocenters. The first-order chi connectivity index (χ1) is 7.59. The number of Topliss-reactive ketones (excluding diaryl/α,β-unsaturated/α-hetero) is 2. The van der Waals surface area contributed by atoms with Crippen LogP contribution in [0.4, 0.5) is 0 Å². The van der Waals surface area contributed by atoms with Gasteiger partial charge >= 0.3 is 0 Å². The maximum absolute atomic E-state index is 11.0. The molecule has 0 aromatic heterocycles. The number of hydrogen-bond acceptors (Lipinski definition) is 2. The molecule has 0 saturated heterocycles. The molecule has 0 aromatic rings. The molecule has 0 atom stereocenters. The Morgan fingerprint density at radius 2 is 1.06 bits per heavy atom. The molecule has 0 saturated carbocycles. The normalized spacial score (nSPS) is 10.8. The van der Waals surface area contributed by atoms with Crippen LogP contribution < -0.4 is 0 Å². The summed E-state index contributed by atoms with van der Waals surface area (Å²) in [5.74, 6) is 1.87. The van der Waals surface area contributed by atoms with Crippen LogP contribution in [0.25, 0.3) is 0 Å². The standard InChI is InChI=1S/C8H16O.C7H14O/c1-6(2)5-8(9)7(3)4;1-5(2)7(8)6(3)4/h6-7H,5H2,1-4H3;5-6H,1-4H3. The summed E-state index contributed by atoms with van der Waals surface area (Å²) in [5, 5.41) is 0. The Morgan fingerprint density at radius 1 is 0.706 bits per heavy atom. The summed E-state index contributed by atoms with van der Waals surface area (Å²) in [5.41, 5.74) is 0. The molecule has 0 fully saturated rings. The van der Waals surface area contributed by atoms with Gasteiger partial charge in [0, 0.05) is 24.2 Å². The minimum Gasteiger partial charge on any atom is -0.299 e. The third kappa shape index (κ3) is 11.6. The number of hydrogen-bond donors (Lipinski definition) is 0. The van der Waals surface area contributed by atoms with Crippen molar-refractivity contribution in [2.45, 2.75) is 61.8 Å². The molecule has 0 amide bonds. The molecule has 0 aromatic carbocycles. The molecular formula is C15H30O2. The lowest BCUT2D eigenvalue weighted by atomic mass is 9.99. The predicted octanol–water partition coefficient (Wildman–Crippen LogP) is 4.13. The molecule has 2 heteroatoms. The fourth-order valence-electron chi connectivity index (χ4n) is 1.30. The molecule has 0 N–H and O–H groups in total. The van der Waals surface area contributed by atoms with Crippen molar-refractivity contribution in [3.05, 3.63) is 0 Å². The summed E-state index contributed by atoms with van der Waals surface area (Å²) < 4.78 is 0. The molecular weight excluding hydrogens is 212 g/mol. The van der Waals surface area contributed by atoms with Gasteiger partial charge in [0.05, 0.1) is 0 Å². The summed E-state index contributed by atoms with van der Waals surface area (Å²) in [6, 6.07) is 0. The van der Waals surface area contributed by atoms with Crippen LogP contribution >= 0.6 is 0 Å². The van der Waals surface area contributed by atoms with Crippen molar-refractivity contribution < 1.29 is 9.59 Å². The molecule has 17 heavy (non-hydrogen) atoms. The van der Waals surface area contributed by atoms with Gasteiger partial charge in [-0.2, -0.15) is 0 Å². The fraction of sp³-hybridized carbons (Fsp3) is 0.867. The second kappa shape index (κ2) is 9.38. The van der Waals surface area contributed by atoms with Gasteiger partial charge in [0.25, 0.3) is 0 Å². The van der Waals surface area contributed by atoms with E-state index in [4.69, 9.17) is 0 Å². The van der Waals surface area contributed by atoms with Crippen molar-refractivity contribution in [1.82, 2.24) is 0 Å².